The third-order valence-electron chi connectivity index (χ3n) is 12.1. The number of aliphatic hydroxyl groups is 2. The lowest BCUT2D eigenvalue weighted by atomic mass is 10.0. The minimum atomic E-state index is 0. The fourth-order valence-electron chi connectivity index (χ4n) is 8.54. The van der Waals surface area contributed by atoms with Crippen molar-refractivity contribution in [1.29, 1.82) is 0 Å². The third-order valence-corrected chi connectivity index (χ3v) is 12.1. The Morgan fingerprint density at radius 2 is 1.11 bits per heavy atom. The molecule has 9 N–H and O–H groups in total. The lowest BCUT2D eigenvalue weighted by Crippen LogP contribution is -2.06. The number of carbonyl (C=O) groups is 1. The summed E-state index contributed by atoms with van der Waals surface area (Å²) in [6.07, 6.45) is 7.69. The number of para-hydroxylation sites is 2. The fourth-order valence-corrected chi connectivity index (χ4v) is 8.54. The molecule has 0 spiro atoms. The largest absolute Gasteiger partial charge is 0.398 e. The summed E-state index contributed by atoms with van der Waals surface area (Å²) in [5.74, 6) is 0.925. The number of aliphatic hydroxyl groups excluding tert-OH is 2. The molecule has 13 heteroatoms. The monoisotopic (exact) mass is 935 g/mol. The summed E-state index contributed by atoms with van der Waals surface area (Å²) >= 11 is 0. The summed E-state index contributed by atoms with van der Waals surface area (Å²) in [4.78, 5) is 29.0. The van der Waals surface area contributed by atoms with Gasteiger partial charge in [0.2, 0.25) is 11.9 Å². The molecule has 0 unspecified atom stereocenters. The van der Waals surface area contributed by atoms with Crippen molar-refractivity contribution >= 4 is 73.4 Å². The molecule has 4 aromatic heterocycles. The van der Waals surface area contributed by atoms with Gasteiger partial charge in [-0.15, -0.1) is 0 Å². The van der Waals surface area contributed by atoms with Gasteiger partial charge >= 0.3 is 0 Å². The predicted molar refractivity (Wildman–Crippen MR) is 287 cm³/mol. The standard InChI is InChI=1S/C28H29N5O.C18H14N4O.C10H15NO.CH4/c1-19-9-11-21(8-4-14-34)25(15-19)31-17-20-10-12-24-26(16-20)33(28(29)32-24)18-23-6-2-5-22-7-3-13-30-27(22)23;19-18-21-15-7-6-12(11-23)9-16(15)22(18)10-14-4-1-3-13-5-2-8-20-17(13)14;1-8-4-5-9(3-2-6-12)10(11)7-8;/h2-3,5-7,9-13,15-16,31,34H,4,8,14,17-18H2,1H3,(H2,29,32);1-9,11H,10H2,(H2,19,21);4-5,7,12H,2-3,6,11H2,1H3;1H4. The Bertz CT molecular complexity index is 3370. The summed E-state index contributed by atoms with van der Waals surface area (Å²) in [5, 5.41) is 23.7. The van der Waals surface area contributed by atoms with E-state index in [1.807, 2.05) is 90.5 Å². The minimum absolute atomic E-state index is 0. The number of nitrogens with one attached hydrogen (secondary N) is 1. The predicted octanol–water partition coefficient (Wildman–Crippen LogP) is 10.2. The van der Waals surface area contributed by atoms with Crippen molar-refractivity contribution in [1.82, 2.24) is 29.1 Å². The second-order valence-corrected chi connectivity index (χ2v) is 17.2. The average molecular weight is 935 g/mol. The number of nitrogens with two attached hydrogens (primary N) is 3. The van der Waals surface area contributed by atoms with E-state index in [9.17, 15) is 9.90 Å². The number of nitrogen functional groups attached to an aromatic ring is 3. The van der Waals surface area contributed by atoms with Crippen LogP contribution in [0.25, 0.3) is 43.9 Å². The molecule has 0 aliphatic carbocycles. The maximum Gasteiger partial charge on any atom is 0.201 e. The molecular formula is C57H62N10O3. The Balaban J connectivity index is 0.000000172. The Morgan fingerprint density at radius 1 is 0.586 bits per heavy atom. The lowest BCUT2D eigenvalue weighted by Gasteiger charge is -2.14. The first-order valence-corrected chi connectivity index (χ1v) is 23.1. The van der Waals surface area contributed by atoms with Crippen molar-refractivity contribution in [3.8, 4) is 0 Å². The number of anilines is 4. The molecule has 13 nitrogen and oxygen atoms in total. The molecule has 6 aromatic carbocycles. The number of fused-ring (bicyclic) bond motifs is 4. The van der Waals surface area contributed by atoms with Gasteiger partial charge < -0.3 is 41.9 Å². The highest BCUT2D eigenvalue weighted by atomic mass is 16.3. The summed E-state index contributed by atoms with van der Waals surface area (Å²) in [5.41, 5.74) is 34.3. The smallest absolute Gasteiger partial charge is 0.201 e. The zero-order valence-electron chi connectivity index (χ0n) is 39.0. The summed E-state index contributed by atoms with van der Waals surface area (Å²) in [6, 6.07) is 44.4. The number of nitrogens with zero attached hydrogens (tertiary/aromatic N) is 6. The number of benzene rings is 6. The Labute approximate surface area is 408 Å². The van der Waals surface area contributed by atoms with E-state index >= 15 is 0 Å². The SMILES string of the molecule is C.Cc1ccc(CCCO)c(N)c1.Cc1ccc(CCCO)c(NCc2ccc3nc(N)n(Cc4cccc5cccnc45)c3c2)c1.Nc1nc2ccc(C=O)cc2n1Cc1cccc2cccnc12. The van der Waals surface area contributed by atoms with Crippen LogP contribution in [0.2, 0.25) is 0 Å². The molecule has 0 saturated heterocycles. The Morgan fingerprint density at radius 3 is 1.69 bits per heavy atom. The van der Waals surface area contributed by atoms with Crippen molar-refractivity contribution in [2.75, 3.05) is 35.7 Å². The molecule has 0 bridgehead atoms. The number of hydrogen-bond donors (Lipinski definition) is 6. The van der Waals surface area contributed by atoms with Gasteiger partial charge in [0.05, 0.1) is 46.2 Å². The molecule has 0 saturated carbocycles. The summed E-state index contributed by atoms with van der Waals surface area (Å²) in [7, 11) is 0. The van der Waals surface area contributed by atoms with E-state index in [0.29, 0.717) is 37.1 Å². The quantitative estimate of drug-likeness (QED) is 0.0446. The molecule has 70 heavy (non-hydrogen) atoms. The Hall–Kier alpha value is -8.13. The van der Waals surface area contributed by atoms with Gasteiger partial charge in [-0.2, -0.15) is 0 Å². The number of imidazole rings is 2. The van der Waals surface area contributed by atoms with Crippen LogP contribution in [0, 0.1) is 13.8 Å². The van der Waals surface area contributed by atoms with Crippen LogP contribution in [0.5, 0.6) is 0 Å². The first kappa shape index (κ1) is 49.8. The number of carbonyl (C=O) groups excluding carboxylic acids is 1. The van der Waals surface area contributed by atoms with E-state index in [4.69, 9.17) is 22.3 Å². The molecular weight excluding hydrogens is 873 g/mol. The van der Waals surface area contributed by atoms with Crippen LogP contribution in [0.3, 0.4) is 0 Å². The topological polar surface area (TPSA) is 209 Å². The van der Waals surface area contributed by atoms with Gasteiger partial charge in [0.15, 0.2) is 0 Å². The van der Waals surface area contributed by atoms with Crippen molar-refractivity contribution < 1.29 is 15.0 Å². The van der Waals surface area contributed by atoms with Crippen LogP contribution in [-0.4, -0.2) is 58.8 Å². The Kier molecular flexibility index (Phi) is 16.5. The molecule has 0 radical (unpaired) electrons. The highest BCUT2D eigenvalue weighted by Crippen LogP contribution is 2.27. The normalized spacial score (nSPS) is 10.9. The van der Waals surface area contributed by atoms with Crippen molar-refractivity contribution in [3.63, 3.8) is 0 Å². The van der Waals surface area contributed by atoms with Gasteiger partial charge in [-0.25, -0.2) is 9.97 Å². The van der Waals surface area contributed by atoms with E-state index in [2.05, 4.69) is 91.3 Å². The maximum absolute atomic E-state index is 11.0. The lowest BCUT2D eigenvalue weighted by molar-refractivity contribution is 0.112. The molecule has 4 heterocycles. The van der Waals surface area contributed by atoms with Gasteiger partial charge in [-0.3, -0.25) is 14.8 Å². The number of pyridine rings is 2. The van der Waals surface area contributed by atoms with Crippen LogP contribution in [0.15, 0.2) is 146 Å². The molecule has 358 valence electrons. The molecule has 0 fully saturated rings. The second-order valence-electron chi connectivity index (χ2n) is 17.2. The van der Waals surface area contributed by atoms with E-state index in [1.165, 1.54) is 16.7 Å². The van der Waals surface area contributed by atoms with Crippen LogP contribution in [-0.2, 0) is 32.5 Å². The van der Waals surface area contributed by atoms with Crippen LogP contribution < -0.4 is 22.5 Å². The maximum atomic E-state index is 11.0. The third kappa shape index (κ3) is 11.8. The van der Waals surface area contributed by atoms with Crippen molar-refractivity contribution in [3.05, 3.63) is 190 Å². The number of aryl methyl sites for hydroxylation is 4. The van der Waals surface area contributed by atoms with Crippen LogP contribution in [0.1, 0.15) is 69.6 Å². The van der Waals surface area contributed by atoms with Crippen LogP contribution >= 0.6 is 0 Å². The summed E-state index contributed by atoms with van der Waals surface area (Å²) in [6.45, 7) is 6.39. The number of aromatic nitrogens is 6. The van der Waals surface area contributed by atoms with Gasteiger partial charge in [0.25, 0.3) is 0 Å². The molecule has 0 aliphatic rings. The van der Waals surface area contributed by atoms with E-state index < -0.39 is 0 Å². The first-order valence-electron chi connectivity index (χ1n) is 23.1. The summed E-state index contributed by atoms with van der Waals surface area (Å²) < 4.78 is 3.97. The van der Waals surface area contributed by atoms with E-state index in [1.54, 1.807) is 12.3 Å². The van der Waals surface area contributed by atoms with Crippen molar-refractivity contribution in [2.45, 2.75) is 66.6 Å². The van der Waals surface area contributed by atoms with Gasteiger partial charge in [0, 0.05) is 59.9 Å². The zero-order chi connectivity index (χ0) is 48.3. The molecule has 0 aliphatic heterocycles. The highest BCUT2D eigenvalue weighted by molar-refractivity contribution is 5.87. The average Bonchev–Trinajstić information content (AvgIpc) is 3.85. The number of hydrogen-bond acceptors (Lipinski definition) is 11. The van der Waals surface area contributed by atoms with Gasteiger partial charge in [-0.05, 0) is 133 Å². The molecule has 0 amide bonds. The molecule has 10 rings (SSSR count). The number of aldehydes is 1. The van der Waals surface area contributed by atoms with E-state index in [0.717, 1.165) is 109 Å². The zero-order valence-corrected chi connectivity index (χ0v) is 39.0. The fraction of sp³-hybridized carbons (Fsp3) is 0.211. The minimum Gasteiger partial charge on any atom is -0.398 e. The number of rotatable bonds is 14. The van der Waals surface area contributed by atoms with Gasteiger partial charge in [0.1, 0.15) is 6.29 Å². The van der Waals surface area contributed by atoms with Gasteiger partial charge in [-0.1, -0.05) is 86.3 Å². The highest BCUT2D eigenvalue weighted by Gasteiger charge is 2.14. The van der Waals surface area contributed by atoms with Crippen molar-refractivity contribution in [2.24, 2.45) is 0 Å². The van der Waals surface area contributed by atoms with Crippen LogP contribution in [0.4, 0.5) is 23.3 Å². The first-order chi connectivity index (χ1) is 33.6. The second kappa shape index (κ2) is 23.3. The molecule has 10 aromatic rings. The van der Waals surface area contributed by atoms with E-state index in [-0.39, 0.29) is 20.6 Å². The molecule has 0 atom stereocenters.